The molecule has 1 aliphatic rings. The quantitative estimate of drug-likeness (QED) is 0.813. The van der Waals surface area contributed by atoms with Crippen LogP contribution >= 0.6 is 11.6 Å². The van der Waals surface area contributed by atoms with E-state index in [-0.39, 0.29) is 18.4 Å². The van der Waals surface area contributed by atoms with Crippen LogP contribution in [0, 0.1) is 12.8 Å². The van der Waals surface area contributed by atoms with Gasteiger partial charge in [-0.15, -0.1) is 11.6 Å². The molecule has 1 aliphatic carbocycles. The van der Waals surface area contributed by atoms with E-state index in [1.54, 1.807) is 19.9 Å². The Labute approximate surface area is 122 Å². The van der Waals surface area contributed by atoms with Crippen molar-refractivity contribution in [1.29, 1.82) is 0 Å². The average molecular weight is 300 g/mol. The molecule has 1 aromatic rings. The van der Waals surface area contributed by atoms with Gasteiger partial charge in [0.05, 0.1) is 6.54 Å². The smallest absolute Gasteiger partial charge is 0.245 e. The van der Waals surface area contributed by atoms with E-state index in [1.807, 2.05) is 0 Å². The van der Waals surface area contributed by atoms with Gasteiger partial charge in [-0.25, -0.2) is 0 Å². The lowest BCUT2D eigenvalue weighted by molar-refractivity contribution is -0.134. The molecule has 0 spiro atoms. The largest absolute Gasteiger partial charge is 0.360 e. The maximum absolute atomic E-state index is 12.0. The number of hydrogen-bond acceptors (Lipinski definition) is 4. The van der Waals surface area contributed by atoms with Crippen molar-refractivity contribution >= 4 is 29.2 Å². The van der Waals surface area contributed by atoms with Crippen LogP contribution in [0.3, 0.4) is 0 Å². The number of alkyl halides is 1. The summed E-state index contributed by atoms with van der Waals surface area (Å²) < 4.78 is 4.86. The summed E-state index contributed by atoms with van der Waals surface area (Å²) in [6, 6.07) is 1.62. The highest BCUT2D eigenvalue weighted by molar-refractivity contribution is 6.30. The number of carbonyl (C=O) groups excluding carboxylic acids is 2. The molecule has 2 amide bonds. The Morgan fingerprint density at radius 1 is 1.60 bits per heavy atom. The van der Waals surface area contributed by atoms with E-state index in [0.29, 0.717) is 24.0 Å². The van der Waals surface area contributed by atoms with Gasteiger partial charge < -0.3 is 14.7 Å². The number of nitrogens with one attached hydrogen (secondary N) is 1. The third-order valence-corrected chi connectivity index (χ3v) is 3.24. The fraction of sp³-hybridized carbons (Fsp3) is 0.615. The molecule has 1 N–H and O–H groups in total. The van der Waals surface area contributed by atoms with Gasteiger partial charge in [-0.05, 0) is 32.6 Å². The summed E-state index contributed by atoms with van der Waals surface area (Å²) in [4.78, 5) is 25.4. The number of hydrogen-bond donors (Lipinski definition) is 1. The van der Waals surface area contributed by atoms with E-state index >= 15 is 0 Å². The van der Waals surface area contributed by atoms with Gasteiger partial charge in [-0.1, -0.05) is 5.16 Å². The van der Waals surface area contributed by atoms with E-state index < -0.39 is 5.38 Å². The van der Waals surface area contributed by atoms with Crippen LogP contribution in [0.1, 0.15) is 25.5 Å². The molecule has 1 fully saturated rings. The van der Waals surface area contributed by atoms with Crippen LogP contribution in [-0.4, -0.2) is 40.3 Å². The molecule has 1 unspecified atom stereocenters. The maximum atomic E-state index is 12.0. The number of nitrogens with zero attached hydrogens (tertiary/aromatic N) is 2. The van der Waals surface area contributed by atoms with E-state index in [4.69, 9.17) is 16.1 Å². The van der Waals surface area contributed by atoms with Crippen molar-refractivity contribution in [1.82, 2.24) is 10.1 Å². The number of amides is 2. The van der Waals surface area contributed by atoms with Crippen LogP contribution in [0.25, 0.3) is 0 Å². The second-order valence-corrected chi connectivity index (χ2v) is 5.80. The van der Waals surface area contributed by atoms with Crippen LogP contribution in [-0.2, 0) is 9.59 Å². The lowest BCUT2D eigenvalue weighted by Gasteiger charge is -2.22. The molecule has 20 heavy (non-hydrogen) atoms. The topological polar surface area (TPSA) is 75.4 Å². The monoisotopic (exact) mass is 299 g/mol. The first-order valence-electron chi connectivity index (χ1n) is 6.61. The number of aryl methyl sites for hydroxylation is 1. The van der Waals surface area contributed by atoms with Gasteiger partial charge in [-0.3, -0.25) is 9.59 Å². The summed E-state index contributed by atoms with van der Waals surface area (Å²) in [5, 5.41) is 5.65. The van der Waals surface area contributed by atoms with Crippen molar-refractivity contribution < 1.29 is 14.1 Å². The molecule has 7 heteroatoms. The van der Waals surface area contributed by atoms with Gasteiger partial charge in [0.25, 0.3) is 0 Å². The molecule has 1 heterocycles. The zero-order chi connectivity index (χ0) is 14.7. The lowest BCUT2D eigenvalue weighted by atomic mass is 10.3. The number of carbonyl (C=O) groups is 2. The summed E-state index contributed by atoms with van der Waals surface area (Å²) in [6.45, 7) is 3.92. The van der Waals surface area contributed by atoms with E-state index in [2.05, 4.69) is 10.5 Å². The summed E-state index contributed by atoms with van der Waals surface area (Å²) in [7, 11) is 0. The first-order valence-corrected chi connectivity index (χ1v) is 7.05. The SMILES string of the molecule is Cc1cc(NC(=O)CN(CC2CC2)C(=O)C(C)Cl)no1. The molecule has 0 bridgehead atoms. The third kappa shape index (κ3) is 4.23. The molecule has 0 saturated heterocycles. The molecule has 0 aromatic carbocycles. The summed E-state index contributed by atoms with van der Waals surface area (Å²) in [5.41, 5.74) is 0. The highest BCUT2D eigenvalue weighted by Gasteiger charge is 2.29. The van der Waals surface area contributed by atoms with Crippen molar-refractivity contribution in [2.75, 3.05) is 18.4 Å². The maximum Gasteiger partial charge on any atom is 0.245 e. The predicted molar refractivity (Wildman–Crippen MR) is 74.5 cm³/mol. The minimum atomic E-state index is -0.629. The van der Waals surface area contributed by atoms with Crippen LogP contribution in [0.2, 0.25) is 0 Å². The number of halogens is 1. The fourth-order valence-electron chi connectivity index (χ4n) is 1.88. The second-order valence-electron chi connectivity index (χ2n) is 5.15. The first kappa shape index (κ1) is 14.8. The third-order valence-electron chi connectivity index (χ3n) is 3.06. The van der Waals surface area contributed by atoms with Gasteiger partial charge in [0.2, 0.25) is 11.8 Å². The van der Waals surface area contributed by atoms with Crippen LogP contribution in [0.4, 0.5) is 5.82 Å². The Kier molecular flexibility index (Phi) is 4.65. The van der Waals surface area contributed by atoms with E-state index in [0.717, 1.165) is 12.8 Å². The van der Waals surface area contributed by atoms with Gasteiger partial charge >= 0.3 is 0 Å². The van der Waals surface area contributed by atoms with Crippen LogP contribution < -0.4 is 5.32 Å². The van der Waals surface area contributed by atoms with Crippen molar-refractivity contribution in [3.05, 3.63) is 11.8 Å². The molecule has 1 aromatic heterocycles. The molecule has 1 saturated carbocycles. The fourth-order valence-corrected chi connectivity index (χ4v) is 2.02. The Hall–Kier alpha value is -1.56. The highest BCUT2D eigenvalue weighted by Crippen LogP contribution is 2.30. The summed E-state index contributed by atoms with van der Waals surface area (Å²) in [5.74, 6) is 0.942. The molecule has 0 radical (unpaired) electrons. The van der Waals surface area contributed by atoms with E-state index in [9.17, 15) is 9.59 Å². The molecule has 0 aliphatic heterocycles. The van der Waals surface area contributed by atoms with Crippen LogP contribution in [0.15, 0.2) is 10.6 Å². The number of rotatable bonds is 6. The van der Waals surface area contributed by atoms with Gasteiger partial charge in [-0.2, -0.15) is 0 Å². The standard InChI is InChI=1S/C13H18ClN3O3/c1-8-5-11(16-20-8)15-12(18)7-17(6-10-3-4-10)13(19)9(2)14/h5,9-10H,3-4,6-7H2,1-2H3,(H,15,16,18). The first-order chi connectivity index (χ1) is 9.45. The molecular formula is C13H18ClN3O3. The normalized spacial score (nSPS) is 15.8. The van der Waals surface area contributed by atoms with Crippen molar-refractivity contribution in [3.63, 3.8) is 0 Å². The Morgan fingerprint density at radius 2 is 2.30 bits per heavy atom. The Morgan fingerprint density at radius 3 is 2.80 bits per heavy atom. The lowest BCUT2D eigenvalue weighted by Crippen LogP contribution is -2.42. The van der Waals surface area contributed by atoms with Gasteiger partial charge in [0, 0.05) is 12.6 Å². The predicted octanol–water partition coefficient (Wildman–Crippen LogP) is 1.79. The second kappa shape index (κ2) is 6.26. The Balaban J connectivity index is 1.92. The number of anilines is 1. The van der Waals surface area contributed by atoms with Gasteiger partial charge in [0.15, 0.2) is 5.82 Å². The zero-order valence-electron chi connectivity index (χ0n) is 11.6. The minimum absolute atomic E-state index is 0.0156. The van der Waals surface area contributed by atoms with E-state index in [1.165, 1.54) is 4.90 Å². The van der Waals surface area contributed by atoms with Crippen molar-refractivity contribution in [3.8, 4) is 0 Å². The average Bonchev–Trinajstić information content (AvgIpc) is 3.10. The molecule has 110 valence electrons. The summed E-state index contributed by atoms with van der Waals surface area (Å²) >= 11 is 5.82. The number of aromatic nitrogens is 1. The molecular weight excluding hydrogens is 282 g/mol. The van der Waals surface area contributed by atoms with Crippen molar-refractivity contribution in [2.24, 2.45) is 5.92 Å². The Bertz CT molecular complexity index is 497. The molecule has 1 atom stereocenters. The molecule has 2 rings (SSSR count). The zero-order valence-corrected chi connectivity index (χ0v) is 12.3. The summed E-state index contributed by atoms with van der Waals surface area (Å²) in [6.07, 6.45) is 2.20. The van der Waals surface area contributed by atoms with Gasteiger partial charge in [0.1, 0.15) is 11.1 Å². The minimum Gasteiger partial charge on any atom is -0.360 e. The highest BCUT2D eigenvalue weighted by atomic mass is 35.5. The van der Waals surface area contributed by atoms with Crippen LogP contribution in [0.5, 0.6) is 0 Å². The van der Waals surface area contributed by atoms with Crippen molar-refractivity contribution in [2.45, 2.75) is 32.1 Å². The molecule has 6 nitrogen and oxygen atoms in total.